The maximum atomic E-state index is 13.8. The number of fused-ring (bicyclic) bond motifs is 2. The van der Waals surface area contributed by atoms with E-state index in [2.05, 4.69) is 11.4 Å². The van der Waals surface area contributed by atoms with E-state index in [1.807, 2.05) is 18.2 Å². The molecule has 0 saturated heterocycles. The number of rotatable bonds is 2. The van der Waals surface area contributed by atoms with Crippen molar-refractivity contribution in [1.82, 2.24) is 0 Å². The fourth-order valence-corrected chi connectivity index (χ4v) is 6.80. The van der Waals surface area contributed by atoms with Crippen LogP contribution in [0.1, 0.15) is 35.2 Å². The monoisotopic (exact) mass is 390 g/mol. The molecule has 6 heteroatoms. The van der Waals surface area contributed by atoms with Crippen molar-refractivity contribution < 1.29 is 13.2 Å². The lowest BCUT2D eigenvalue weighted by molar-refractivity contribution is 0.103. The van der Waals surface area contributed by atoms with Gasteiger partial charge in [-0.05, 0) is 42.7 Å². The molecule has 2 heterocycles. The first-order valence-corrected chi connectivity index (χ1v) is 10.9. The first-order valence-electron chi connectivity index (χ1n) is 9.51. The van der Waals surface area contributed by atoms with Gasteiger partial charge in [0.1, 0.15) is 0 Å². The summed E-state index contributed by atoms with van der Waals surface area (Å²) in [6, 6.07) is 16.5. The summed E-state index contributed by atoms with van der Waals surface area (Å²) in [4.78, 5) is 12.4. The second-order valence-electron chi connectivity index (χ2n) is 7.96. The van der Waals surface area contributed by atoms with Crippen LogP contribution in [0.2, 0.25) is 0 Å². The summed E-state index contributed by atoms with van der Waals surface area (Å²) in [5, 5.41) is 4.11. The minimum absolute atomic E-state index is 0.0456. The average Bonchev–Trinajstić information content (AvgIpc) is 3.19. The van der Waals surface area contributed by atoms with Crippen LogP contribution < -0.4 is 9.62 Å². The molecule has 0 bridgehead atoms. The largest absolute Gasteiger partial charge is 0.321 e. The van der Waals surface area contributed by atoms with Gasteiger partial charge in [-0.25, -0.2) is 8.42 Å². The Morgan fingerprint density at radius 3 is 2.57 bits per heavy atom. The summed E-state index contributed by atoms with van der Waals surface area (Å²) in [6.07, 6.45) is 3.19. The molecule has 2 aliphatic heterocycles. The van der Waals surface area contributed by atoms with Crippen molar-refractivity contribution in [2.45, 2.75) is 29.6 Å². The predicted octanol–water partition coefficient (Wildman–Crippen LogP) is 4.04. The normalized spacial score (nSPS) is 19.0. The van der Waals surface area contributed by atoms with Crippen LogP contribution in [0.15, 0.2) is 59.5 Å². The van der Waals surface area contributed by atoms with Crippen LogP contribution in [-0.2, 0) is 15.4 Å². The second-order valence-corrected chi connectivity index (χ2v) is 9.79. The highest BCUT2D eigenvalue weighted by atomic mass is 32.2. The van der Waals surface area contributed by atoms with Gasteiger partial charge in [-0.15, -0.1) is 0 Å². The van der Waals surface area contributed by atoms with Gasteiger partial charge in [-0.2, -0.15) is 0 Å². The highest BCUT2D eigenvalue weighted by Gasteiger charge is 2.50. The van der Waals surface area contributed by atoms with Crippen molar-refractivity contribution in [2.24, 2.45) is 0 Å². The zero-order valence-electron chi connectivity index (χ0n) is 15.1. The number of nitrogens with one attached hydrogen (secondary N) is 1. The number of benzene rings is 3. The lowest BCUT2D eigenvalue weighted by Crippen LogP contribution is -2.41. The number of hydrogen-bond acceptors (Lipinski definition) is 3. The van der Waals surface area contributed by atoms with Crippen molar-refractivity contribution >= 4 is 38.1 Å². The number of nitrogens with zero attached hydrogens (tertiary/aromatic N) is 1. The highest BCUT2D eigenvalue weighted by molar-refractivity contribution is 7.93. The van der Waals surface area contributed by atoms with E-state index in [4.69, 9.17) is 0 Å². The van der Waals surface area contributed by atoms with Crippen LogP contribution in [-0.4, -0.2) is 20.9 Å². The van der Waals surface area contributed by atoms with Crippen LogP contribution in [0, 0.1) is 0 Å². The van der Waals surface area contributed by atoms with Crippen LogP contribution in [0.3, 0.4) is 0 Å². The molecule has 28 heavy (non-hydrogen) atoms. The third kappa shape index (κ3) is 1.86. The summed E-state index contributed by atoms with van der Waals surface area (Å²) in [5.74, 6) is -0.185. The Bertz CT molecular complexity index is 1290. The maximum Gasteiger partial charge on any atom is 0.264 e. The molecule has 5 nitrogen and oxygen atoms in total. The van der Waals surface area contributed by atoms with E-state index in [0.29, 0.717) is 28.6 Å². The zero-order chi connectivity index (χ0) is 19.1. The second kappa shape index (κ2) is 5.14. The summed E-state index contributed by atoms with van der Waals surface area (Å²) >= 11 is 0. The van der Waals surface area contributed by atoms with E-state index < -0.39 is 10.0 Å². The van der Waals surface area contributed by atoms with E-state index in [9.17, 15) is 13.2 Å². The summed E-state index contributed by atoms with van der Waals surface area (Å²) in [6.45, 7) is 0.495. The molecule has 1 aliphatic carbocycles. The Morgan fingerprint density at radius 2 is 1.79 bits per heavy atom. The first kappa shape index (κ1) is 16.1. The molecule has 1 fully saturated rings. The summed E-state index contributed by atoms with van der Waals surface area (Å²) in [7, 11) is -3.75. The van der Waals surface area contributed by atoms with Gasteiger partial charge in [0.15, 0.2) is 0 Å². The number of hydrogen-bond donors (Lipinski definition) is 1. The molecular weight excluding hydrogens is 372 g/mol. The molecule has 3 aromatic carbocycles. The number of carbonyl (C=O) groups excluding carboxylic acids is 1. The molecule has 1 spiro atoms. The van der Waals surface area contributed by atoms with E-state index in [1.165, 1.54) is 0 Å². The minimum atomic E-state index is -3.75. The van der Waals surface area contributed by atoms with Crippen molar-refractivity contribution in [3.8, 4) is 0 Å². The number of amides is 1. The summed E-state index contributed by atoms with van der Waals surface area (Å²) in [5.41, 5.74) is 3.09. The van der Waals surface area contributed by atoms with Crippen molar-refractivity contribution in [2.75, 3.05) is 16.2 Å². The molecule has 0 aromatic heterocycles. The smallest absolute Gasteiger partial charge is 0.264 e. The molecule has 140 valence electrons. The van der Waals surface area contributed by atoms with Gasteiger partial charge in [0.2, 0.25) is 0 Å². The molecule has 0 atom stereocenters. The standard InChI is InChI=1S/C22H18N2O3S/c25-21-15-6-3-5-14-19(10-9-17(23-21)20(14)15)28(26,27)24-13-22(11-4-12-22)16-7-1-2-8-18(16)24/h1-3,5-10H,4,11-13H2,(H,23,25). The molecule has 3 aromatic rings. The summed E-state index contributed by atoms with van der Waals surface area (Å²) < 4.78 is 29.1. The van der Waals surface area contributed by atoms with Crippen molar-refractivity contribution in [1.29, 1.82) is 0 Å². The van der Waals surface area contributed by atoms with Gasteiger partial charge in [-0.1, -0.05) is 36.8 Å². The third-order valence-electron chi connectivity index (χ3n) is 6.56. The number of para-hydroxylation sites is 1. The quantitative estimate of drug-likeness (QED) is 0.718. The van der Waals surface area contributed by atoms with Crippen LogP contribution in [0.5, 0.6) is 0 Å². The molecule has 1 N–H and O–H groups in total. The molecule has 0 unspecified atom stereocenters. The molecule has 3 aliphatic rings. The number of anilines is 2. The molecule has 6 rings (SSSR count). The number of sulfonamides is 1. The lowest BCUT2D eigenvalue weighted by Gasteiger charge is -2.39. The van der Waals surface area contributed by atoms with Crippen LogP contribution in [0.4, 0.5) is 11.4 Å². The first-order chi connectivity index (χ1) is 13.5. The molecule has 1 amide bonds. The molecule has 1 saturated carbocycles. The lowest BCUT2D eigenvalue weighted by atomic mass is 9.66. The van der Waals surface area contributed by atoms with Gasteiger partial charge >= 0.3 is 0 Å². The Kier molecular flexibility index (Phi) is 2.96. The maximum absolute atomic E-state index is 13.8. The van der Waals surface area contributed by atoms with Gasteiger partial charge in [0.05, 0.1) is 10.6 Å². The van der Waals surface area contributed by atoms with Gasteiger partial charge in [-0.3, -0.25) is 9.10 Å². The minimum Gasteiger partial charge on any atom is -0.321 e. The van der Waals surface area contributed by atoms with E-state index in [-0.39, 0.29) is 16.2 Å². The molecule has 0 radical (unpaired) electrons. The van der Waals surface area contributed by atoms with Gasteiger partial charge < -0.3 is 5.32 Å². The Balaban J connectivity index is 1.57. The third-order valence-corrected chi connectivity index (χ3v) is 8.38. The van der Waals surface area contributed by atoms with Crippen LogP contribution >= 0.6 is 0 Å². The van der Waals surface area contributed by atoms with Gasteiger partial charge in [0.25, 0.3) is 15.9 Å². The number of carbonyl (C=O) groups is 1. The van der Waals surface area contributed by atoms with Crippen LogP contribution in [0.25, 0.3) is 10.8 Å². The Labute approximate surface area is 163 Å². The Hall–Kier alpha value is -2.86. The van der Waals surface area contributed by atoms with E-state index >= 15 is 0 Å². The average molecular weight is 390 g/mol. The van der Waals surface area contributed by atoms with E-state index in [0.717, 1.165) is 30.5 Å². The Morgan fingerprint density at radius 1 is 0.964 bits per heavy atom. The van der Waals surface area contributed by atoms with Crippen molar-refractivity contribution in [3.63, 3.8) is 0 Å². The molecular formula is C22H18N2O3S. The van der Waals surface area contributed by atoms with E-state index in [1.54, 1.807) is 34.6 Å². The van der Waals surface area contributed by atoms with Gasteiger partial charge in [0, 0.05) is 34.0 Å². The topological polar surface area (TPSA) is 66.5 Å². The fourth-order valence-electron chi connectivity index (χ4n) is 5.04. The zero-order valence-corrected chi connectivity index (χ0v) is 15.9. The van der Waals surface area contributed by atoms with Crippen molar-refractivity contribution in [3.05, 3.63) is 65.7 Å². The fraction of sp³-hybridized carbons (Fsp3) is 0.227. The predicted molar refractivity (Wildman–Crippen MR) is 108 cm³/mol. The highest BCUT2D eigenvalue weighted by Crippen LogP contribution is 2.54. The SMILES string of the molecule is O=C1Nc2ccc(S(=O)(=O)N3CC4(CCC4)c4ccccc43)c3cccc1c23.